The first-order chi connectivity index (χ1) is 12.3. The van der Waals surface area contributed by atoms with Crippen molar-refractivity contribution in [3.8, 4) is 28.0 Å². The zero-order valence-corrected chi connectivity index (χ0v) is 15.6. The third-order valence-corrected chi connectivity index (χ3v) is 5.06. The van der Waals surface area contributed by atoms with Gasteiger partial charge in [-0.25, -0.2) is 0 Å². The van der Waals surface area contributed by atoms with E-state index in [1.807, 2.05) is 26.0 Å². The Bertz CT molecular complexity index is 934. The predicted molar refractivity (Wildman–Crippen MR) is 111 cm³/mol. The van der Waals surface area contributed by atoms with Crippen molar-refractivity contribution < 1.29 is 4.74 Å². The van der Waals surface area contributed by atoms with Crippen LogP contribution < -0.4 is 4.74 Å². The number of rotatable bonds is 3. The molecule has 126 valence electrons. The van der Waals surface area contributed by atoms with Crippen molar-refractivity contribution in [3.63, 3.8) is 0 Å². The maximum Gasteiger partial charge on any atom is 0.118 e. The summed E-state index contributed by atoms with van der Waals surface area (Å²) in [5.74, 6) is 0.884. The second kappa shape index (κ2) is 8.00. The van der Waals surface area contributed by atoms with Crippen molar-refractivity contribution in [2.24, 2.45) is 0 Å². The lowest BCUT2D eigenvalue weighted by molar-refractivity contribution is 0.415. The molecule has 0 radical (unpaired) electrons. The molecule has 0 spiro atoms. The van der Waals surface area contributed by atoms with Crippen LogP contribution in [0.15, 0.2) is 78.2 Å². The fraction of sp³-hybridized carbons (Fsp3) is 0.130. The Kier molecular flexibility index (Phi) is 5.52. The largest absolute Gasteiger partial charge is 0.497 e. The van der Waals surface area contributed by atoms with E-state index in [1.54, 1.807) is 18.4 Å². The van der Waals surface area contributed by atoms with Gasteiger partial charge >= 0.3 is 0 Å². The van der Waals surface area contributed by atoms with Crippen LogP contribution in [0.3, 0.4) is 0 Å². The summed E-state index contributed by atoms with van der Waals surface area (Å²) in [5.41, 5.74) is 5.00. The Morgan fingerprint density at radius 2 is 1.24 bits per heavy atom. The van der Waals surface area contributed by atoms with E-state index in [0.717, 1.165) is 5.75 Å². The van der Waals surface area contributed by atoms with Gasteiger partial charge in [0.05, 0.1) is 7.11 Å². The lowest BCUT2D eigenvalue weighted by atomic mass is 10.00. The van der Waals surface area contributed by atoms with Crippen molar-refractivity contribution in [2.45, 2.75) is 13.8 Å². The van der Waals surface area contributed by atoms with E-state index >= 15 is 0 Å². The first kappa shape index (κ1) is 17.2. The van der Waals surface area contributed by atoms with Crippen molar-refractivity contribution in [2.75, 3.05) is 7.11 Å². The van der Waals surface area contributed by atoms with Crippen LogP contribution in [0.25, 0.3) is 32.3 Å². The quantitative estimate of drug-likeness (QED) is 0.379. The van der Waals surface area contributed by atoms with Crippen LogP contribution in [0.4, 0.5) is 0 Å². The van der Waals surface area contributed by atoms with E-state index in [-0.39, 0.29) is 0 Å². The maximum atomic E-state index is 5.22. The molecule has 3 aromatic carbocycles. The van der Waals surface area contributed by atoms with Crippen LogP contribution >= 0.6 is 11.3 Å². The number of benzene rings is 3. The number of hydrogen-bond donors (Lipinski definition) is 0. The zero-order chi connectivity index (χ0) is 17.6. The summed E-state index contributed by atoms with van der Waals surface area (Å²) in [6.45, 7) is 4.00. The Labute approximate surface area is 153 Å². The first-order valence-corrected chi connectivity index (χ1v) is 9.44. The summed E-state index contributed by atoms with van der Waals surface area (Å²) in [7, 11) is 1.69. The first-order valence-electron chi connectivity index (χ1n) is 8.56. The number of fused-ring (bicyclic) bond motifs is 1. The molecule has 1 heterocycles. The zero-order valence-electron chi connectivity index (χ0n) is 14.8. The van der Waals surface area contributed by atoms with E-state index in [2.05, 4.69) is 66.0 Å². The molecular formula is C23H22OS. The maximum absolute atomic E-state index is 5.22. The van der Waals surface area contributed by atoms with Crippen LogP contribution in [0.2, 0.25) is 0 Å². The molecule has 4 rings (SSSR count). The predicted octanol–water partition coefficient (Wildman–Crippen LogP) is 7.27. The van der Waals surface area contributed by atoms with Gasteiger partial charge in [-0.15, -0.1) is 11.3 Å². The minimum absolute atomic E-state index is 0.884. The number of ether oxygens (including phenoxy) is 1. The molecule has 0 atom stereocenters. The molecule has 0 saturated heterocycles. The third-order valence-electron chi connectivity index (χ3n) is 4.10. The molecule has 0 aliphatic rings. The van der Waals surface area contributed by atoms with E-state index in [1.165, 1.54) is 32.3 Å². The van der Waals surface area contributed by atoms with Crippen molar-refractivity contribution in [1.29, 1.82) is 0 Å². The van der Waals surface area contributed by atoms with Gasteiger partial charge in [0, 0.05) is 15.6 Å². The fourth-order valence-electron chi connectivity index (χ4n) is 2.83. The average Bonchev–Trinajstić information content (AvgIpc) is 3.14. The number of thiophene rings is 1. The van der Waals surface area contributed by atoms with E-state index in [0.29, 0.717) is 0 Å². The van der Waals surface area contributed by atoms with Crippen LogP contribution in [-0.2, 0) is 0 Å². The van der Waals surface area contributed by atoms with Gasteiger partial charge in [0.15, 0.2) is 0 Å². The summed E-state index contributed by atoms with van der Waals surface area (Å²) in [6.07, 6.45) is 0. The van der Waals surface area contributed by atoms with Crippen LogP contribution in [-0.4, -0.2) is 7.11 Å². The molecule has 25 heavy (non-hydrogen) atoms. The smallest absolute Gasteiger partial charge is 0.118 e. The topological polar surface area (TPSA) is 9.23 Å². The second-order valence-corrected chi connectivity index (χ2v) is 6.36. The van der Waals surface area contributed by atoms with Gasteiger partial charge in [0.1, 0.15) is 5.75 Å². The lowest BCUT2D eigenvalue weighted by Gasteiger charge is -2.06. The fourth-order valence-corrected chi connectivity index (χ4v) is 3.80. The van der Waals surface area contributed by atoms with Crippen molar-refractivity contribution in [1.82, 2.24) is 0 Å². The third kappa shape index (κ3) is 3.59. The minimum Gasteiger partial charge on any atom is -0.497 e. The van der Waals surface area contributed by atoms with E-state index < -0.39 is 0 Å². The highest BCUT2D eigenvalue weighted by Gasteiger charge is 2.06. The van der Waals surface area contributed by atoms with Crippen LogP contribution in [0.1, 0.15) is 13.8 Å². The van der Waals surface area contributed by atoms with Crippen molar-refractivity contribution in [3.05, 3.63) is 78.2 Å². The van der Waals surface area contributed by atoms with Crippen LogP contribution in [0, 0.1) is 0 Å². The minimum atomic E-state index is 0.884. The van der Waals surface area contributed by atoms with Gasteiger partial charge in [0.25, 0.3) is 0 Å². The molecule has 0 bridgehead atoms. The second-order valence-electron chi connectivity index (χ2n) is 5.45. The molecule has 0 unspecified atom stereocenters. The molecule has 1 aromatic heterocycles. The molecular weight excluding hydrogens is 324 g/mol. The molecule has 0 amide bonds. The molecule has 0 saturated carbocycles. The summed E-state index contributed by atoms with van der Waals surface area (Å²) < 4.78 is 6.55. The number of hydrogen-bond acceptors (Lipinski definition) is 2. The van der Waals surface area contributed by atoms with Crippen molar-refractivity contribution >= 4 is 21.4 Å². The average molecular weight is 346 g/mol. The van der Waals surface area contributed by atoms with Gasteiger partial charge in [-0.05, 0) is 40.3 Å². The molecule has 2 heteroatoms. The summed E-state index contributed by atoms with van der Waals surface area (Å²) >= 11 is 1.80. The standard InChI is InChI=1S/C21H16OS.C2H6/c1-22-18-12-10-16(11-13-18)15-6-8-17(9-7-15)20-14-23-21-5-3-2-4-19(20)21;1-2/h2-14H,1H3;1-2H3. The lowest BCUT2D eigenvalue weighted by Crippen LogP contribution is -1.83. The Morgan fingerprint density at radius 3 is 1.88 bits per heavy atom. The molecule has 4 aromatic rings. The van der Waals surface area contributed by atoms with Gasteiger partial charge in [-0.1, -0.05) is 68.4 Å². The SMILES string of the molecule is CC.COc1ccc(-c2ccc(-c3csc4ccccc34)cc2)cc1. The normalized spacial score (nSPS) is 10.2. The molecule has 0 aliphatic heterocycles. The Balaban J connectivity index is 0.000000880. The number of methoxy groups -OCH3 is 1. The van der Waals surface area contributed by atoms with E-state index in [4.69, 9.17) is 4.74 Å². The van der Waals surface area contributed by atoms with Gasteiger partial charge in [-0.3, -0.25) is 0 Å². The van der Waals surface area contributed by atoms with Gasteiger partial charge in [0.2, 0.25) is 0 Å². The molecule has 1 nitrogen and oxygen atoms in total. The van der Waals surface area contributed by atoms with E-state index in [9.17, 15) is 0 Å². The monoisotopic (exact) mass is 346 g/mol. The Hall–Kier alpha value is -2.58. The summed E-state index contributed by atoms with van der Waals surface area (Å²) in [4.78, 5) is 0. The molecule has 0 N–H and O–H groups in total. The Morgan fingerprint density at radius 1 is 0.680 bits per heavy atom. The highest BCUT2D eigenvalue weighted by molar-refractivity contribution is 7.17. The van der Waals surface area contributed by atoms with Crippen LogP contribution in [0.5, 0.6) is 5.75 Å². The molecule has 0 fully saturated rings. The molecule has 0 aliphatic carbocycles. The highest BCUT2D eigenvalue weighted by Crippen LogP contribution is 2.34. The van der Waals surface area contributed by atoms with Gasteiger partial charge in [-0.2, -0.15) is 0 Å². The summed E-state index contributed by atoms with van der Waals surface area (Å²) in [5, 5.41) is 3.57. The highest BCUT2D eigenvalue weighted by atomic mass is 32.1. The summed E-state index contributed by atoms with van der Waals surface area (Å²) in [6, 6.07) is 25.5. The van der Waals surface area contributed by atoms with Gasteiger partial charge < -0.3 is 4.74 Å².